The first-order valence-corrected chi connectivity index (χ1v) is 7.48. The molecule has 0 atom stereocenters. The third-order valence-corrected chi connectivity index (χ3v) is 3.61. The number of rotatable bonds is 3. The number of hydrogen-bond donors (Lipinski definition) is 1. The van der Waals surface area contributed by atoms with Gasteiger partial charge in [-0.2, -0.15) is 13.2 Å². The molecular formula is C19H14F3NO2. The van der Waals surface area contributed by atoms with Crippen LogP contribution in [0.25, 0.3) is 11.3 Å². The summed E-state index contributed by atoms with van der Waals surface area (Å²) in [5.41, 5.74) is 1.15. The Morgan fingerprint density at radius 3 is 2.40 bits per heavy atom. The zero-order chi connectivity index (χ0) is 18.0. The van der Waals surface area contributed by atoms with E-state index in [1.807, 2.05) is 19.1 Å². The molecule has 1 aromatic heterocycles. The van der Waals surface area contributed by atoms with Crippen LogP contribution in [0.2, 0.25) is 0 Å². The van der Waals surface area contributed by atoms with Crippen molar-refractivity contribution < 1.29 is 22.4 Å². The number of amides is 1. The second-order valence-electron chi connectivity index (χ2n) is 5.56. The Kier molecular flexibility index (Phi) is 4.35. The van der Waals surface area contributed by atoms with E-state index in [1.54, 1.807) is 12.1 Å². The minimum absolute atomic E-state index is 0.0213. The first-order chi connectivity index (χ1) is 11.8. The van der Waals surface area contributed by atoms with E-state index in [2.05, 4.69) is 5.32 Å². The number of hydrogen-bond acceptors (Lipinski definition) is 2. The molecule has 0 saturated heterocycles. The Balaban J connectivity index is 1.80. The smallest absolute Gasteiger partial charge is 0.416 e. The fourth-order valence-corrected chi connectivity index (χ4v) is 2.29. The van der Waals surface area contributed by atoms with Gasteiger partial charge in [0.25, 0.3) is 5.91 Å². The number of benzene rings is 2. The minimum atomic E-state index is -4.44. The number of carbonyl (C=O) groups excluding carboxylic acids is 1. The molecule has 1 heterocycles. The van der Waals surface area contributed by atoms with Gasteiger partial charge >= 0.3 is 6.18 Å². The quantitative estimate of drug-likeness (QED) is 0.678. The summed E-state index contributed by atoms with van der Waals surface area (Å²) in [5, 5.41) is 2.67. The van der Waals surface area contributed by atoms with E-state index in [4.69, 9.17) is 4.42 Å². The highest BCUT2D eigenvalue weighted by Crippen LogP contribution is 2.32. The number of furan rings is 1. The predicted molar refractivity (Wildman–Crippen MR) is 88.3 cm³/mol. The molecule has 3 aromatic rings. The number of alkyl halides is 3. The molecule has 128 valence electrons. The number of nitrogens with one attached hydrogen (secondary N) is 1. The van der Waals surface area contributed by atoms with Crippen LogP contribution < -0.4 is 5.32 Å². The van der Waals surface area contributed by atoms with Crippen LogP contribution in [0, 0.1) is 6.92 Å². The normalized spacial score (nSPS) is 11.4. The third kappa shape index (κ3) is 3.91. The van der Waals surface area contributed by atoms with E-state index in [9.17, 15) is 18.0 Å². The molecule has 2 aromatic carbocycles. The summed E-state index contributed by atoms with van der Waals surface area (Å²) in [7, 11) is 0. The summed E-state index contributed by atoms with van der Waals surface area (Å²) in [6.45, 7) is 1.93. The summed E-state index contributed by atoms with van der Waals surface area (Å²) < 4.78 is 43.8. The maximum atomic E-state index is 12.8. The molecule has 1 N–H and O–H groups in total. The van der Waals surface area contributed by atoms with Gasteiger partial charge in [-0.05, 0) is 43.3 Å². The van der Waals surface area contributed by atoms with Crippen LogP contribution in [-0.4, -0.2) is 5.91 Å². The highest BCUT2D eigenvalue weighted by molar-refractivity contribution is 6.02. The molecule has 6 heteroatoms. The summed E-state index contributed by atoms with van der Waals surface area (Å²) in [6, 6.07) is 14.9. The average Bonchev–Trinajstić information content (AvgIpc) is 3.06. The van der Waals surface area contributed by atoms with Gasteiger partial charge in [0, 0.05) is 11.3 Å². The molecule has 0 radical (unpaired) electrons. The summed E-state index contributed by atoms with van der Waals surface area (Å²) in [6.07, 6.45) is -4.44. The largest absolute Gasteiger partial charge is 0.451 e. The Bertz CT molecular complexity index is 896. The van der Waals surface area contributed by atoms with Crippen LogP contribution >= 0.6 is 0 Å². The molecule has 0 saturated carbocycles. The molecule has 0 bridgehead atoms. The van der Waals surface area contributed by atoms with Crippen molar-refractivity contribution >= 4 is 11.6 Å². The van der Waals surface area contributed by atoms with E-state index in [1.165, 1.54) is 24.3 Å². The second-order valence-corrected chi connectivity index (χ2v) is 5.56. The van der Waals surface area contributed by atoms with Gasteiger partial charge in [-0.25, -0.2) is 0 Å². The van der Waals surface area contributed by atoms with Crippen molar-refractivity contribution in [3.63, 3.8) is 0 Å². The molecular weight excluding hydrogens is 331 g/mol. The van der Waals surface area contributed by atoms with Crippen LogP contribution in [0.1, 0.15) is 21.7 Å². The maximum Gasteiger partial charge on any atom is 0.416 e. The second kappa shape index (κ2) is 6.47. The van der Waals surface area contributed by atoms with Crippen LogP contribution in [0.4, 0.5) is 18.9 Å². The molecule has 0 spiro atoms. The number of aryl methyl sites for hydroxylation is 1. The van der Waals surface area contributed by atoms with Crippen LogP contribution in [-0.2, 0) is 6.18 Å². The van der Waals surface area contributed by atoms with Crippen LogP contribution in [0.15, 0.2) is 65.1 Å². The summed E-state index contributed by atoms with van der Waals surface area (Å²) >= 11 is 0. The standard InChI is InChI=1S/C19H14F3NO2/c1-12-5-7-15(8-6-12)23-18(24)17-10-9-16(25-17)13-3-2-4-14(11-13)19(20,21)22/h2-11H,1H3,(H,23,24). The number of halogens is 3. The van der Waals surface area contributed by atoms with E-state index in [-0.39, 0.29) is 17.1 Å². The van der Waals surface area contributed by atoms with Crippen molar-refractivity contribution in [3.8, 4) is 11.3 Å². The summed E-state index contributed by atoms with van der Waals surface area (Å²) in [4.78, 5) is 12.2. The lowest BCUT2D eigenvalue weighted by molar-refractivity contribution is -0.137. The number of carbonyl (C=O) groups is 1. The Hall–Kier alpha value is -3.02. The van der Waals surface area contributed by atoms with Gasteiger partial charge in [0.15, 0.2) is 5.76 Å². The fourth-order valence-electron chi connectivity index (χ4n) is 2.29. The molecule has 3 rings (SSSR count). The summed E-state index contributed by atoms with van der Waals surface area (Å²) in [5.74, 6) is -0.254. The fraction of sp³-hybridized carbons (Fsp3) is 0.105. The lowest BCUT2D eigenvalue weighted by atomic mass is 10.1. The van der Waals surface area contributed by atoms with Crippen molar-refractivity contribution in [1.29, 1.82) is 0 Å². The van der Waals surface area contributed by atoms with Crippen molar-refractivity contribution in [3.05, 3.63) is 77.6 Å². The van der Waals surface area contributed by atoms with Crippen molar-refractivity contribution in [2.45, 2.75) is 13.1 Å². The predicted octanol–water partition coefficient (Wildman–Crippen LogP) is 5.53. The van der Waals surface area contributed by atoms with Crippen molar-refractivity contribution in [2.75, 3.05) is 5.32 Å². The highest BCUT2D eigenvalue weighted by Gasteiger charge is 2.30. The topological polar surface area (TPSA) is 42.2 Å². The molecule has 0 unspecified atom stereocenters. The van der Waals surface area contributed by atoms with Gasteiger partial charge in [-0.15, -0.1) is 0 Å². The van der Waals surface area contributed by atoms with Gasteiger partial charge in [-0.3, -0.25) is 4.79 Å². The molecule has 0 aliphatic rings. The molecule has 1 amide bonds. The van der Waals surface area contributed by atoms with Crippen LogP contribution in [0.3, 0.4) is 0 Å². The lowest BCUT2D eigenvalue weighted by Gasteiger charge is -2.07. The SMILES string of the molecule is Cc1ccc(NC(=O)c2ccc(-c3cccc(C(F)(F)F)c3)o2)cc1. The van der Waals surface area contributed by atoms with E-state index >= 15 is 0 Å². The molecule has 3 nitrogen and oxygen atoms in total. The Labute approximate surface area is 142 Å². The molecule has 0 aliphatic carbocycles. The van der Waals surface area contributed by atoms with Crippen molar-refractivity contribution in [1.82, 2.24) is 0 Å². The van der Waals surface area contributed by atoms with Crippen LogP contribution in [0.5, 0.6) is 0 Å². The minimum Gasteiger partial charge on any atom is -0.451 e. The zero-order valence-electron chi connectivity index (χ0n) is 13.2. The van der Waals surface area contributed by atoms with Gasteiger partial charge < -0.3 is 9.73 Å². The lowest BCUT2D eigenvalue weighted by Crippen LogP contribution is -2.10. The van der Waals surface area contributed by atoms with Gasteiger partial charge in [0.05, 0.1) is 5.56 Å². The Morgan fingerprint density at radius 2 is 1.72 bits per heavy atom. The average molecular weight is 345 g/mol. The van der Waals surface area contributed by atoms with Crippen molar-refractivity contribution in [2.24, 2.45) is 0 Å². The van der Waals surface area contributed by atoms with Gasteiger partial charge in [0.2, 0.25) is 0 Å². The molecule has 0 aliphatic heterocycles. The van der Waals surface area contributed by atoms with E-state index in [0.717, 1.165) is 17.7 Å². The zero-order valence-corrected chi connectivity index (χ0v) is 13.2. The van der Waals surface area contributed by atoms with E-state index < -0.39 is 17.6 Å². The monoisotopic (exact) mass is 345 g/mol. The molecule has 25 heavy (non-hydrogen) atoms. The van der Waals surface area contributed by atoms with Gasteiger partial charge in [0.1, 0.15) is 5.76 Å². The first kappa shape index (κ1) is 16.8. The van der Waals surface area contributed by atoms with Gasteiger partial charge in [-0.1, -0.05) is 29.8 Å². The van der Waals surface area contributed by atoms with E-state index in [0.29, 0.717) is 5.69 Å². The maximum absolute atomic E-state index is 12.8. The molecule has 0 fully saturated rings. The number of anilines is 1. The first-order valence-electron chi connectivity index (χ1n) is 7.48. The third-order valence-electron chi connectivity index (χ3n) is 3.61. The Morgan fingerprint density at radius 1 is 1.00 bits per heavy atom. The highest BCUT2D eigenvalue weighted by atomic mass is 19.4.